The molecule has 0 N–H and O–H groups in total. The van der Waals surface area contributed by atoms with Crippen LogP contribution >= 0.6 is 0 Å². The van der Waals surface area contributed by atoms with E-state index < -0.39 is 0 Å². The van der Waals surface area contributed by atoms with Gasteiger partial charge in [0.15, 0.2) is 0 Å². The number of fused-ring (bicyclic) bond motifs is 1. The number of nitrogens with zero attached hydrogens (tertiary/aromatic N) is 1. The molecule has 29 heavy (non-hydrogen) atoms. The summed E-state index contributed by atoms with van der Waals surface area (Å²) in [6.07, 6.45) is 0.480. The van der Waals surface area contributed by atoms with Crippen molar-refractivity contribution in [3.63, 3.8) is 0 Å². The summed E-state index contributed by atoms with van der Waals surface area (Å²) in [7, 11) is 0. The molecule has 0 aliphatic carbocycles. The maximum Gasteiger partial charge on any atom is 0.411 e. The fourth-order valence-corrected chi connectivity index (χ4v) is 3.56. The van der Waals surface area contributed by atoms with Crippen molar-refractivity contribution < 1.29 is 9.53 Å². The maximum absolute atomic E-state index is 12.9. The van der Waals surface area contributed by atoms with Crippen molar-refractivity contribution in [1.29, 1.82) is 0 Å². The zero-order valence-corrected chi connectivity index (χ0v) is 16.5. The average Bonchev–Trinajstić information content (AvgIpc) is 2.77. The van der Waals surface area contributed by atoms with Crippen molar-refractivity contribution in [3.8, 4) is 11.8 Å². The molecule has 1 heterocycles. The van der Waals surface area contributed by atoms with Crippen LogP contribution < -0.4 is 0 Å². The van der Waals surface area contributed by atoms with Gasteiger partial charge in [-0.1, -0.05) is 84.1 Å². The molecule has 0 saturated carbocycles. The smallest absolute Gasteiger partial charge is 0.411 e. The molecule has 4 rings (SSSR count). The molecule has 1 aliphatic rings. The largest absolute Gasteiger partial charge is 0.445 e. The number of hydrogen-bond donors (Lipinski definition) is 0. The number of carbonyl (C=O) groups is 1. The summed E-state index contributed by atoms with van der Waals surface area (Å²) in [5, 5.41) is 0. The Bertz CT molecular complexity index is 1050. The molecule has 1 atom stereocenters. The van der Waals surface area contributed by atoms with E-state index in [0.29, 0.717) is 6.54 Å². The summed E-state index contributed by atoms with van der Waals surface area (Å²) in [4.78, 5) is 14.7. The van der Waals surface area contributed by atoms with Gasteiger partial charge in [-0.3, -0.25) is 4.90 Å². The van der Waals surface area contributed by atoms with Crippen molar-refractivity contribution in [2.45, 2.75) is 26.0 Å². The number of amides is 1. The van der Waals surface area contributed by atoms with Crippen LogP contribution in [0.25, 0.3) is 0 Å². The topological polar surface area (TPSA) is 29.5 Å². The van der Waals surface area contributed by atoms with Gasteiger partial charge in [0.05, 0.1) is 0 Å². The molecule has 3 aromatic rings. The third-order valence-corrected chi connectivity index (χ3v) is 5.10. The molecule has 0 saturated heterocycles. The Labute approximate surface area is 171 Å². The van der Waals surface area contributed by atoms with Gasteiger partial charge in [-0.2, -0.15) is 0 Å². The molecule has 3 nitrogen and oxygen atoms in total. The van der Waals surface area contributed by atoms with E-state index in [9.17, 15) is 4.79 Å². The van der Waals surface area contributed by atoms with Crippen molar-refractivity contribution in [1.82, 2.24) is 4.90 Å². The second-order valence-electron chi connectivity index (χ2n) is 7.22. The van der Waals surface area contributed by atoms with Gasteiger partial charge < -0.3 is 4.74 Å². The Morgan fingerprint density at radius 3 is 2.52 bits per heavy atom. The Morgan fingerprint density at radius 2 is 1.76 bits per heavy atom. The standard InChI is InChI=1S/C26H23NO2/c1-20-12-14-23-16-17-27(26(28)29-19-22-10-6-3-7-11-22)25(24(23)18-20)15-13-21-8-4-2-5-9-21/h2-12,14,18,25H,16-17,19H2,1H3. The van der Waals surface area contributed by atoms with E-state index >= 15 is 0 Å². The van der Waals surface area contributed by atoms with Gasteiger partial charge >= 0.3 is 6.09 Å². The van der Waals surface area contributed by atoms with Gasteiger partial charge in [-0.15, -0.1) is 0 Å². The van der Waals surface area contributed by atoms with Crippen molar-refractivity contribution in [2.75, 3.05) is 6.54 Å². The number of rotatable bonds is 2. The fourth-order valence-electron chi connectivity index (χ4n) is 3.56. The molecule has 0 aromatic heterocycles. The minimum atomic E-state index is -0.326. The van der Waals surface area contributed by atoms with Gasteiger partial charge in [0.1, 0.15) is 12.6 Å². The summed E-state index contributed by atoms with van der Waals surface area (Å²) < 4.78 is 5.61. The molecule has 0 spiro atoms. The SMILES string of the molecule is Cc1ccc2c(c1)C(C#Cc1ccccc1)N(C(=O)OCc1ccccc1)CC2. The molecule has 1 amide bonds. The number of hydrogen-bond acceptors (Lipinski definition) is 2. The minimum absolute atomic E-state index is 0.260. The Kier molecular flexibility index (Phi) is 5.63. The Hall–Kier alpha value is -3.51. The minimum Gasteiger partial charge on any atom is -0.445 e. The first-order chi connectivity index (χ1) is 14.2. The van der Waals surface area contributed by atoms with Crippen LogP contribution in [0.5, 0.6) is 0 Å². The van der Waals surface area contributed by atoms with Crippen LogP contribution in [0.15, 0.2) is 78.9 Å². The van der Waals surface area contributed by atoms with Crippen LogP contribution in [0.1, 0.15) is 33.9 Å². The number of carbonyl (C=O) groups excluding carboxylic acids is 1. The van der Waals surface area contributed by atoms with Crippen LogP contribution in [-0.2, 0) is 17.8 Å². The van der Waals surface area contributed by atoms with Gasteiger partial charge in [0, 0.05) is 12.1 Å². The lowest BCUT2D eigenvalue weighted by Crippen LogP contribution is -2.40. The third kappa shape index (κ3) is 4.50. The van der Waals surface area contributed by atoms with E-state index in [2.05, 4.69) is 37.0 Å². The van der Waals surface area contributed by atoms with Gasteiger partial charge in [-0.05, 0) is 42.2 Å². The first-order valence-corrected chi connectivity index (χ1v) is 9.84. The molecule has 1 unspecified atom stereocenters. The third-order valence-electron chi connectivity index (χ3n) is 5.10. The highest BCUT2D eigenvalue weighted by molar-refractivity contribution is 5.70. The first-order valence-electron chi connectivity index (χ1n) is 9.84. The zero-order valence-electron chi connectivity index (χ0n) is 16.5. The molecule has 0 radical (unpaired) electrons. The summed E-state index contributed by atoms with van der Waals surface area (Å²) >= 11 is 0. The number of ether oxygens (including phenoxy) is 1. The Morgan fingerprint density at radius 1 is 1.03 bits per heavy atom. The highest BCUT2D eigenvalue weighted by atomic mass is 16.6. The molecule has 1 aliphatic heterocycles. The van der Waals surface area contributed by atoms with E-state index in [1.165, 1.54) is 5.56 Å². The van der Waals surface area contributed by atoms with Crippen LogP contribution in [0.3, 0.4) is 0 Å². The van der Waals surface area contributed by atoms with Crippen molar-refractivity contribution in [3.05, 3.63) is 107 Å². The Balaban J connectivity index is 1.61. The van der Waals surface area contributed by atoms with Crippen LogP contribution in [0, 0.1) is 18.8 Å². The predicted octanol–water partition coefficient (Wildman–Crippen LogP) is 5.28. The fraction of sp³-hybridized carbons (Fsp3) is 0.192. The number of benzene rings is 3. The lowest BCUT2D eigenvalue weighted by Gasteiger charge is -2.34. The second-order valence-corrected chi connectivity index (χ2v) is 7.22. The highest BCUT2D eigenvalue weighted by Gasteiger charge is 2.30. The van der Waals surface area contributed by atoms with Gasteiger partial charge in [-0.25, -0.2) is 4.79 Å². The summed E-state index contributed by atoms with van der Waals surface area (Å²) in [5.74, 6) is 6.56. The normalized spacial score (nSPS) is 15.1. The van der Waals surface area contributed by atoms with E-state index in [4.69, 9.17) is 4.74 Å². The van der Waals surface area contributed by atoms with E-state index in [0.717, 1.165) is 28.7 Å². The first kappa shape index (κ1) is 18.8. The second kappa shape index (κ2) is 8.67. The van der Waals surface area contributed by atoms with E-state index in [1.54, 1.807) is 4.90 Å². The zero-order chi connectivity index (χ0) is 20.1. The molecular weight excluding hydrogens is 358 g/mol. The molecule has 3 aromatic carbocycles. The quantitative estimate of drug-likeness (QED) is 0.565. The molecule has 144 valence electrons. The average molecular weight is 381 g/mol. The summed E-state index contributed by atoms with van der Waals surface area (Å²) in [6.45, 7) is 2.92. The summed E-state index contributed by atoms with van der Waals surface area (Å²) in [5.41, 5.74) is 5.41. The lowest BCUT2D eigenvalue weighted by atomic mass is 9.91. The molecular formula is C26H23NO2. The lowest BCUT2D eigenvalue weighted by molar-refractivity contribution is 0.0862. The highest BCUT2D eigenvalue weighted by Crippen LogP contribution is 2.31. The van der Waals surface area contributed by atoms with Crippen LogP contribution in [0.4, 0.5) is 4.79 Å². The van der Waals surface area contributed by atoms with E-state index in [-0.39, 0.29) is 18.7 Å². The summed E-state index contributed by atoms with van der Waals surface area (Å²) in [6, 6.07) is 25.7. The van der Waals surface area contributed by atoms with E-state index in [1.807, 2.05) is 60.7 Å². The maximum atomic E-state index is 12.9. The molecule has 0 bridgehead atoms. The monoisotopic (exact) mass is 381 g/mol. The number of aryl methyl sites for hydroxylation is 1. The van der Waals surface area contributed by atoms with Gasteiger partial charge in [0.25, 0.3) is 0 Å². The van der Waals surface area contributed by atoms with Crippen molar-refractivity contribution in [2.24, 2.45) is 0 Å². The van der Waals surface area contributed by atoms with Crippen LogP contribution in [-0.4, -0.2) is 17.5 Å². The van der Waals surface area contributed by atoms with Crippen molar-refractivity contribution >= 4 is 6.09 Å². The van der Waals surface area contributed by atoms with Crippen LogP contribution in [0.2, 0.25) is 0 Å². The van der Waals surface area contributed by atoms with Gasteiger partial charge in [0.2, 0.25) is 0 Å². The molecule has 3 heteroatoms. The molecule has 0 fully saturated rings. The predicted molar refractivity (Wildman–Crippen MR) is 114 cm³/mol.